The molecule has 1 aromatic carbocycles. The van der Waals surface area contributed by atoms with Crippen LogP contribution >= 0.6 is 0 Å². The van der Waals surface area contributed by atoms with E-state index in [0.717, 1.165) is 37.9 Å². The van der Waals surface area contributed by atoms with Crippen molar-refractivity contribution in [1.29, 1.82) is 0 Å². The van der Waals surface area contributed by atoms with Crippen LogP contribution in [0.25, 0.3) is 10.9 Å². The third kappa shape index (κ3) is 4.47. The number of hydrogen-bond donors (Lipinski definition) is 1. The lowest BCUT2D eigenvalue weighted by Gasteiger charge is -2.16. The van der Waals surface area contributed by atoms with Gasteiger partial charge in [-0.25, -0.2) is 9.78 Å². The maximum Gasteiger partial charge on any atom is 0.338 e. The largest absolute Gasteiger partial charge is 0.454 e. The smallest absolute Gasteiger partial charge is 0.338 e. The van der Waals surface area contributed by atoms with Crippen molar-refractivity contribution in [3.63, 3.8) is 0 Å². The highest BCUT2D eigenvalue weighted by Gasteiger charge is 2.16. The molecule has 3 heterocycles. The molecule has 0 saturated carbocycles. The van der Waals surface area contributed by atoms with Crippen molar-refractivity contribution in [2.45, 2.75) is 45.3 Å². The zero-order valence-electron chi connectivity index (χ0n) is 17.7. The van der Waals surface area contributed by atoms with Crippen LogP contribution in [0.1, 0.15) is 47.7 Å². The van der Waals surface area contributed by atoms with Gasteiger partial charge in [0.1, 0.15) is 5.82 Å². The molecule has 0 bridgehead atoms. The number of carbonyl (C=O) groups is 1. The van der Waals surface area contributed by atoms with Crippen LogP contribution in [0.15, 0.2) is 23.0 Å². The number of esters is 1. The SMILES string of the molecule is CN(C)c1nc(N)nc(COC(=O)c2ccc3c(=O)n4c(nc3c2)CCCCCC4)n1. The molecule has 4 rings (SSSR count). The summed E-state index contributed by atoms with van der Waals surface area (Å²) in [5, 5.41) is 0.502. The molecule has 10 nitrogen and oxygen atoms in total. The monoisotopic (exact) mass is 423 g/mol. The molecule has 2 N–H and O–H groups in total. The molecule has 1 aliphatic heterocycles. The highest BCUT2D eigenvalue weighted by atomic mass is 16.5. The maximum atomic E-state index is 12.9. The molecule has 0 fully saturated rings. The third-order valence-corrected chi connectivity index (χ3v) is 5.22. The number of nitrogen functional groups attached to an aromatic ring is 1. The molecule has 3 aromatic rings. The predicted octanol–water partition coefficient (Wildman–Crippen LogP) is 1.70. The Labute approximate surface area is 179 Å². The van der Waals surface area contributed by atoms with Crippen molar-refractivity contribution in [3.05, 3.63) is 45.8 Å². The molecule has 0 amide bonds. The number of nitrogens with zero attached hydrogens (tertiary/aromatic N) is 6. The summed E-state index contributed by atoms with van der Waals surface area (Å²) >= 11 is 0. The van der Waals surface area contributed by atoms with Crippen molar-refractivity contribution in [3.8, 4) is 0 Å². The van der Waals surface area contributed by atoms with E-state index in [1.54, 1.807) is 41.8 Å². The van der Waals surface area contributed by atoms with Gasteiger partial charge in [-0.05, 0) is 31.0 Å². The molecule has 0 spiro atoms. The topological polar surface area (TPSA) is 129 Å². The molecule has 10 heteroatoms. The first-order chi connectivity index (χ1) is 14.9. The van der Waals surface area contributed by atoms with Crippen LogP contribution in [0.3, 0.4) is 0 Å². The average Bonchev–Trinajstić information content (AvgIpc) is 2.72. The second kappa shape index (κ2) is 8.66. The fourth-order valence-electron chi connectivity index (χ4n) is 3.63. The van der Waals surface area contributed by atoms with E-state index < -0.39 is 5.97 Å². The van der Waals surface area contributed by atoms with Crippen LogP contribution in [0.2, 0.25) is 0 Å². The van der Waals surface area contributed by atoms with Gasteiger partial charge in [-0.15, -0.1) is 0 Å². The van der Waals surface area contributed by atoms with E-state index in [-0.39, 0.29) is 23.9 Å². The molecular weight excluding hydrogens is 398 g/mol. The van der Waals surface area contributed by atoms with Gasteiger partial charge in [0.15, 0.2) is 12.4 Å². The summed E-state index contributed by atoms with van der Waals surface area (Å²) in [5.41, 5.74) is 6.46. The summed E-state index contributed by atoms with van der Waals surface area (Å²) in [7, 11) is 3.55. The molecule has 0 atom stereocenters. The van der Waals surface area contributed by atoms with Crippen molar-refractivity contribution in [1.82, 2.24) is 24.5 Å². The van der Waals surface area contributed by atoms with Crippen LogP contribution in [0.5, 0.6) is 0 Å². The Morgan fingerprint density at radius 1 is 1.13 bits per heavy atom. The zero-order chi connectivity index (χ0) is 22.0. The van der Waals surface area contributed by atoms with Gasteiger partial charge in [-0.1, -0.05) is 12.8 Å². The number of fused-ring (bicyclic) bond motifs is 2. The minimum absolute atomic E-state index is 0.0524. The maximum absolute atomic E-state index is 12.9. The first kappa shape index (κ1) is 20.7. The predicted molar refractivity (Wildman–Crippen MR) is 116 cm³/mol. The number of anilines is 2. The number of aryl methyl sites for hydroxylation is 1. The number of ether oxygens (including phenoxy) is 1. The number of benzene rings is 1. The molecule has 31 heavy (non-hydrogen) atoms. The van der Waals surface area contributed by atoms with Crippen molar-refractivity contribution >= 4 is 28.8 Å². The van der Waals surface area contributed by atoms with Crippen molar-refractivity contribution in [2.75, 3.05) is 24.7 Å². The van der Waals surface area contributed by atoms with Crippen LogP contribution < -0.4 is 16.2 Å². The summed E-state index contributed by atoms with van der Waals surface area (Å²) in [5.74, 6) is 0.908. The van der Waals surface area contributed by atoms with E-state index in [1.165, 1.54) is 0 Å². The van der Waals surface area contributed by atoms with Gasteiger partial charge >= 0.3 is 5.97 Å². The Hall–Kier alpha value is -3.56. The number of aromatic nitrogens is 5. The molecule has 0 radical (unpaired) electrons. The summed E-state index contributed by atoms with van der Waals surface area (Å²) < 4.78 is 7.13. The first-order valence-electron chi connectivity index (χ1n) is 10.3. The molecule has 0 saturated heterocycles. The van der Waals surface area contributed by atoms with Gasteiger partial charge in [0, 0.05) is 27.1 Å². The van der Waals surface area contributed by atoms with Gasteiger partial charge in [0.05, 0.1) is 16.5 Å². The average molecular weight is 423 g/mol. The Morgan fingerprint density at radius 2 is 1.94 bits per heavy atom. The second-order valence-electron chi connectivity index (χ2n) is 7.76. The first-order valence-corrected chi connectivity index (χ1v) is 10.3. The van der Waals surface area contributed by atoms with Gasteiger partial charge in [0.2, 0.25) is 11.9 Å². The Morgan fingerprint density at radius 3 is 2.74 bits per heavy atom. The second-order valence-corrected chi connectivity index (χ2v) is 7.76. The molecule has 0 aliphatic carbocycles. The standard InChI is InChI=1S/C21H25N7O3/c1-27(2)21-25-16(24-20(22)26-21)12-31-19(30)13-8-9-14-15(11-13)23-17-7-5-3-4-6-10-28(17)18(14)29/h8-9,11H,3-7,10,12H2,1-2H3,(H2,22,24,25,26). The quantitative estimate of drug-likeness (QED) is 0.623. The summed E-state index contributed by atoms with van der Waals surface area (Å²) in [4.78, 5) is 44.1. The van der Waals surface area contributed by atoms with Gasteiger partial charge in [-0.2, -0.15) is 15.0 Å². The Kier molecular flexibility index (Phi) is 5.79. The van der Waals surface area contributed by atoms with Crippen molar-refractivity contribution < 1.29 is 9.53 Å². The van der Waals surface area contributed by atoms with E-state index in [9.17, 15) is 9.59 Å². The van der Waals surface area contributed by atoms with E-state index >= 15 is 0 Å². The minimum Gasteiger partial charge on any atom is -0.454 e. The van der Waals surface area contributed by atoms with Gasteiger partial charge in [-0.3, -0.25) is 9.36 Å². The van der Waals surface area contributed by atoms with E-state index in [0.29, 0.717) is 29.0 Å². The molecule has 1 aliphatic rings. The Bertz CT molecular complexity index is 1190. The van der Waals surface area contributed by atoms with E-state index in [1.807, 2.05) is 0 Å². The lowest BCUT2D eigenvalue weighted by Crippen LogP contribution is -2.26. The van der Waals surface area contributed by atoms with Crippen LogP contribution in [0.4, 0.5) is 11.9 Å². The molecular formula is C21H25N7O3. The summed E-state index contributed by atoms with van der Waals surface area (Å²) in [6.45, 7) is 0.537. The minimum atomic E-state index is -0.555. The lowest BCUT2D eigenvalue weighted by atomic mass is 10.1. The van der Waals surface area contributed by atoms with Crippen molar-refractivity contribution in [2.24, 2.45) is 0 Å². The fraction of sp³-hybridized carbons (Fsp3) is 0.429. The van der Waals surface area contributed by atoms with Crippen LogP contribution in [-0.4, -0.2) is 44.6 Å². The zero-order valence-corrected chi connectivity index (χ0v) is 17.7. The van der Waals surface area contributed by atoms with Gasteiger partial charge < -0.3 is 15.4 Å². The number of carbonyl (C=O) groups excluding carboxylic acids is 1. The van der Waals surface area contributed by atoms with Gasteiger partial charge in [0.25, 0.3) is 5.56 Å². The normalized spacial score (nSPS) is 13.9. The Balaban J connectivity index is 1.57. The molecule has 0 unspecified atom stereocenters. The molecule has 2 aromatic heterocycles. The van der Waals surface area contributed by atoms with E-state index in [2.05, 4.69) is 19.9 Å². The van der Waals surface area contributed by atoms with E-state index in [4.69, 9.17) is 10.5 Å². The third-order valence-electron chi connectivity index (χ3n) is 5.22. The van der Waals surface area contributed by atoms with Crippen LogP contribution in [-0.2, 0) is 24.3 Å². The number of rotatable bonds is 4. The number of nitrogens with two attached hydrogens (primary N) is 1. The highest BCUT2D eigenvalue weighted by molar-refractivity contribution is 5.94. The number of hydrogen-bond acceptors (Lipinski definition) is 9. The fourth-order valence-corrected chi connectivity index (χ4v) is 3.63. The summed E-state index contributed by atoms with van der Waals surface area (Å²) in [6, 6.07) is 4.82. The van der Waals surface area contributed by atoms with Crippen LogP contribution in [0, 0.1) is 0 Å². The molecule has 162 valence electrons. The summed E-state index contributed by atoms with van der Waals surface area (Å²) in [6.07, 6.45) is 5.00. The lowest BCUT2D eigenvalue weighted by molar-refractivity contribution is 0.0462. The highest BCUT2D eigenvalue weighted by Crippen LogP contribution is 2.17.